The fourth-order valence-electron chi connectivity index (χ4n) is 5.92. The molecule has 4 rings (SSSR count). The van der Waals surface area contributed by atoms with Crippen LogP contribution in [0, 0.1) is 23.0 Å². The van der Waals surface area contributed by atoms with Gasteiger partial charge in [0.05, 0.1) is 0 Å². The van der Waals surface area contributed by atoms with Crippen LogP contribution in [0.15, 0.2) is 61.0 Å². The highest BCUT2D eigenvalue weighted by atomic mass is 19.1. The lowest BCUT2D eigenvalue weighted by molar-refractivity contribution is -0.143. The lowest BCUT2D eigenvalue weighted by Crippen LogP contribution is -2.46. The average Bonchev–Trinajstić information content (AvgIpc) is 3.37. The Hall–Kier alpha value is -2.79. The molecule has 0 bridgehead atoms. The van der Waals surface area contributed by atoms with Crippen molar-refractivity contribution in [3.8, 4) is 0 Å². The molecule has 1 saturated heterocycles. The number of Topliss-reactive ketones (excluding diaryl/α,β-unsaturated/α-hetero) is 1. The third kappa shape index (κ3) is 5.25. The Morgan fingerprint density at radius 1 is 1.03 bits per heavy atom. The molecule has 2 aliphatic rings. The summed E-state index contributed by atoms with van der Waals surface area (Å²) in [4.78, 5) is 12.9. The number of carbonyl (C=O) groups is 1. The van der Waals surface area contributed by atoms with Crippen molar-refractivity contribution in [2.45, 2.75) is 64.9 Å². The third-order valence-electron chi connectivity index (χ3n) is 7.72. The molecule has 0 aromatic heterocycles. The number of carbonyl (C=O) groups excluding carboxylic acids is 1. The molecule has 1 N–H and O–H groups in total. The quantitative estimate of drug-likeness (QED) is 0.462. The minimum Gasteiger partial charge on any atom is -0.367 e. The maximum atomic E-state index is 13.9. The first kappa shape index (κ1) is 25.3. The molecule has 1 aliphatic carbocycles. The summed E-state index contributed by atoms with van der Waals surface area (Å²) in [7, 11) is 0. The molecule has 0 amide bonds. The van der Waals surface area contributed by atoms with Crippen LogP contribution in [0.4, 0.5) is 8.78 Å². The number of halogens is 2. The molecule has 35 heavy (non-hydrogen) atoms. The van der Waals surface area contributed by atoms with Crippen LogP contribution in [0.2, 0.25) is 0 Å². The van der Waals surface area contributed by atoms with Gasteiger partial charge in [-0.3, -0.25) is 4.79 Å². The standard InChI is InChI=1S/C30H35F2NO2/c1-19(2)33-20(3)29(5)17-24-8-7-22(11-25(24)18-29)12-26(30(21(4)34)9-6-10-35-30)13-23-14-27(31)16-28(32)15-23/h7-8,11,14-16,26,33H,1,3,6,9-10,12-13,17-18H2,2,4-5H3. The van der Waals surface area contributed by atoms with Gasteiger partial charge >= 0.3 is 0 Å². The molecule has 2 aromatic rings. The highest BCUT2D eigenvalue weighted by molar-refractivity contribution is 5.85. The smallest absolute Gasteiger partial charge is 0.161 e. The second-order valence-corrected chi connectivity index (χ2v) is 10.7. The van der Waals surface area contributed by atoms with Crippen molar-refractivity contribution in [1.82, 2.24) is 5.32 Å². The number of benzene rings is 2. The highest BCUT2D eigenvalue weighted by Crippen LogP contribution is 2.43. The SMILES string of the molecule is C=C(C)NC(=C)C1(C)Cc2ccc(CC(Cc3cc(F)cc(F)c3)C3(C(C)=O)CCCO3)cc2C1. The van der Waals surface area contributed by atoms with Crippen molar-refractivity contribution < 1.29 is 18.3 Å². The molecule has 3 nitrogen and oxygen atoms in total. The van der Waals surface area contributed by atoms with Gasteiger partial charge in [0.15, 0.2) is 5.78 Å². The van der Waals surface area contributed by atoms with E-state index in [2.05, 4.69) is 43.6 Å². The summed E-state index contributed by atoms with van der Waals surface area (Å²) in [5.41, 5.74) is 5.00. The van der Waals surface area contributed by atoms with Crippen molar-refractivity contribution in [3.05, 3.63) is 94.8 Å². The fourth-order valence-corrected chi connectivity index (χ4v) is 5.92. The van der Waals surface area contributed by atoms with E-state index in [-0.39, 0.29) is 17.1 Å². The van der Waals surface area contributed by atoms with Crippen molar-refractivity contribution in [1.29, 1.82) is 0 Å². The Morgan fingerprint density at radius 3 is 2.29 bits per heavy atom. The van der Waals surface area contributed by atoms with Crippen molar-refractivity contribution >= 4 is 5.78 Å². The lowest BCUT2D eigenvalue weighted by Gasteiger charge is -2.35. The van der Waals surface area contributed by atoms with Crippen molar-refractivity contribution in [2.75, 3.05) is 6.61 Å². The van der Waals surface area contributed by atoms with E-state index in [1.54, 1.807) is 6.92 Å². The molecule has 186 valence electrons. The van der Waals surface area contributed by atoms with Gasteiger partial charge in [-0.1, -0.05) is 38.3 Å². The Morgan fingerprint density at radius 2 is 1.69 bits per heavy atom. The number of fused-ring (bicyclic) bond motifs is 1. The van der Waals surface area contributed by atoms with Crippen LogP contribution in [0.5, 0.6) is 0 Å². The van der Waals surface area contributed by atoms with Gasteiger partial charge in [0, 0.05) is 35.4 Å². The zero-order valence-corrected chi connectivity index (χ0v) is 21.0. The number of nitrogens with one attached hydrogen (secondary N) is 1. The summed E-state index contributed by atoms with van der Waals surface area (Å²) in [6.07, 6.45) is 4.14. The first-order valence-electron chi connectivity index (χ1n) is 12.3. The number of hydrogen-bond donors (Lipinski definition) is 1. The topological polar surface area (TPSA) is 38.3 Å². The van der Waals surface area contributed by atoms with E-state index in [0.717, 1.165) is 42.3 Å². The molecule has 1 aliphatic heterocycles. The van der Waals surface area contributed by atoms with E-state index in [1.165, 1.54) is 23.3 Å². The summed E-state index contributed by atoms with van der Waals surface area (Å²) in [5, 5.41) is 3.29. The molecule has 1 heterocycles. The molecule has 5 heteroatoms. The molecule has 3 unspecified atom stereocenters. The number of allylic oxidation sites excluding steroid dienone is 2. The van der Waals surface area contributed by atoms with E-state index in [9.17, 15) is 13.6 Å². The van der Waals surface area contributed by atoms with Crippen molar-refractivity contribution in [2.24, 2.45) is 11.3 Å². The monoisotopic (exact) mass is 479 g/mol. The van der Waals surface area contributed by atoms with Crippen LogP contribution in [0.3, 0.4) is 0 Å². The largest absolute Gasteiger partial charge is 0.367 e. The molecule has 0 saturated carbocycles. The number of ketones is 1. The van der Waals surface area contributed by atoms with Crippen LogP contribution in [-0.4, -0.2) is 18.0 Å². The Kier molecular flexibility index (Phi) is 7.01. The average molecular weight is 480 g/mol. The zero-order chi connectivity index (χ0) is 25.4. The van der Waals surface area contributed by atoms with Crippen molar-refractivity contribution in [3.63, 3.8) is 0 Å². The summed E-state index contributed by atoms with van der Waals surface area (Å²) in [5.74, 6) is -1.46. The van der Waals surface area contributed by atoms with Gasteiger partial charge in [-0.05, 0) is 86.8 Å². The summed E-state index contributed by atoms with van der Waals surface area (Å²) >= 11 is 0. The fraction of sp³-hybridized carbons (Fsp3) is 0.433. The van der Waals surface area contributed by atoms with Gasteiger partial charge in [-0.2, -0.15) is 0 Å². The first-order valence-corrected chi connectivity index (χ1v) is 12.3. The van der Waals surface area contributed by atoms with E-state index in [0.29, 0.717) is 31.4 Å². The molecule has 2 aromatic carbocycles. The number of rotatable bonds is 9. The molecule has 3 atom stereocenters. The lowest BCUT2D eigenvalue weighted by atomic mass is 9.75. The Bertz CT molecular complexity index is 1140. The van der Waals surface area contributed by atoms with E-state index < -0.39 is 17.2 Å². The van der Waals surface area contributed by atoms with Gasteiger partial charge in [0.2, 0.25) is 0 Å². The Labute approximate surface area is 207 Å². The first-order chi connectivity index (χ1) is 16.5. The van der Waals surface area contributed by atoms with Crippen LogP contribution >= 0.6 is 0 Å². The Balaban J connectivity index is 1.62. The molecule has 0 radical (unpaired) electrons. The maximum absolute atomic E-state index is 13.9. The molecule has 0 spiro atoms. The minimum atomic E-state index is -0.935. The van der Waals surface area contributed by atoms with E-state index >= 15 is 0 Å². The van der Waals surface area contributed by atoms with Gasteiger partial charge in [-0.15, -0.1) is 0 Å². The predicted octanol–water partition coefficient (Wildman–Crippen LogP) is 6.25. The summed E-state index contributed by atoms with van der Waals surface area (Å²) < 4.78 is 34.0. The number of ether oxygens (including phenoxy) is 1. The molecule has 1 fully saturated rings. The number of hydrogen-bond acceptors (Lipinski definition) is 3. The van der Waals surface area contributed by atoms with Gasteiger partial charge in [0.25, 0.3) is 0 Å². The normalized spacial score (nSPS) is 24.1. The molecular weight excluding hydrogens is 444 g/mol. The van der Waals surface area contributed by atoms with Gasteiger partial charge in [-0.25, -0.2) is 8.78 Å². The summed E-state index contributed by atoms with van der Waals surface area (Å²) in [6.45, 7) is 14.4. The van der Waals surface area contributed by atoms with E-state index in [1.807, 2.05) is 6.92 Å². The minimum absolute atomic E-state index is 0.0206. The maximum Gasteiger partial charge on any atom is 0.161 e. The van der Waals surface area contributed by atoms with E-state index in [4.69, 9.17) is 4.74 Å². The van der Waals surface area contributed by atoms with Crippen LogP contribution in [0.25, 0.3) is 0 Å². The summed E-state index contributed by atoms with van der Waals surface area (Å²) in [6, 6.07) is 10.1. The van der Waals surface area contributed by atoms with Gasteiger partial charge in [0.1, 0.15) is 17.2 Å². The van der Waals surface area contributed by atoms with Crippen LogP contribution < -0.4 is 5.32 Å². The second-order valence-electron chi connectivity index (χ2n) is 10.7. The van der Waals surface area contributed by atoms with Crippen LogP contribution in [0.1, 0.15) is 55.9 Å². The highest BCUT2D eigenvalue weighted by Gasteiger charge is 2.47. The van der Waals surface area contributed by atoms with Crippen LogP contribution in [-0.2, 0) is 35.2 Å². The zero-order valence-electron chi connectivity index (χ0n) is 21.0. The second kappa shape index (κ2) is 9.69. The third-order valence-corrected chi connectivity index (χ3v) is 7.72. The molecular formula is C30H35F2NO2. The predicted molar refractivity (Wildman–Crippen MR) is 135 cm³/mol. The van der Waals surface area contributed by atoms with Gasteiger partial charge < -0.3 is 10.1 Å².